The molecule has 1 N–H and O–H groups in total. The van der Waals surface area contributed by atoms with Gasteiger partial charge in [0.15, 0.2) is 0 Å². The predicted molar refractivity (Wildman–Crippen MR) is 78.5 cm³/mol. The van der Waals surface area contributed by atoms with Crippen LogP contribution in [-0.2, 0) is 0 Å². The summed E-state index contributed by atoms with van der Waals surface area (Å²) in [5.74, 6) is 0. The number of hydrogen-bond acceptors (Lipinski definition) is 2. The topological polar surface area (TPSA) is 15.3 Å². The van der Waals surface area contributed by atoms with Gasteiger partial charge in [0.25, 0.3) is 0 Å². The molecule has 2 rings (SSSR count). The summed E-state index contributed by atoms with van der Waals surface area (Å²) in [5, 5.41) is 4.90. The molecule has 0 aliphatic carbocycles. The summed E-state index contributed by atoms with van der Waals surface area (Å²) >= 11 is 12.0. The second-order valence-corrected chi connectivity index (χ2v) is 6.10. The Labute approximate surface area is 119 Å². The lowest BCUT2D eigenvalue weighted by atomic mass is 10.1. The summed E-state index contributed by atoms with van der Waals surface area (Å²) in [4.78, 5) is 2.39. The monoisotopic (exact) mass is 286 g/mol. The molecule has 0 aromatic heterocycles. The third kappa shape index (κ3) is 3.18. The quantitative estimate of drug-likeness (QED) is 0.911. The Hall–Kier alpha value is -0.280. The molecule has 1 aromatic rings. The average Bonchev–Trinajstić information content (AvgIpc) is 2.61. The Morgan fingerprint density at radius 1 is 1.33 bits per heavy atom. The highest BCUT2D eigenvalue weighted by Gasteiger charge is 2.27. The first-order valence-electron chi connectivity index (χ1n) is 6.38. The van der Waals surface area contributed by atoms with Crippen LogP contribution in [0.4, 0.5) is 0 Å². The fourth-order valence-electron chi connectivity index (χ4n) is 2.55. The molecule has 1 heterocycles. The highest BCUT2D eigenvalue weighted by molar-refractivity contribution is 6.42. The van der Waals surface area contributed by atoms with Crippen LogP contribution in [0.2, 0.25) is 10.0 Å². The maximum atomic E-state index is 6.05. The van der Waals surface area contributed by atoms with E-state index in [9.17, 15) is 0 Å². The van der Waals surface area contributed by atoms with Crippen molar-refractivity contribution in [2.75, 3.05) is 13.6 Å². The van der Waals surface area contributed by atoms with Crippen LogP contribution in [-0.4, -0.2) is 30.6 Å². The normalized spacial score (nSPS) is 26.5. The maximum absolute atomic E-state index is 6.05. The molecule has 4 heteroatoms. The molecular formula is C14H20Cl2N2. The van der Waals surface area contributed by atoms with Crippen molar-refractivity contribution in [1.82, 2.24) is 10.2 Å². The molecule has 0 bridgehead atoms. The molecule has 1 fully saturated rings. The molecule has 3 atom stereocenters. The number of nitrogens with one attached hydrogen (secondary N) is 1. The second-order valence-electron chi connectivity index (χ2n) is 5.28. The molecule has 1 saturated heterocycles. The molecule has 1 aliphatic rings. The van der Waals surface area contributed by atoms with Crippen LogP contribution < -0.4 is 5.32 Å². The first-order valence-corrected chi connectivity index (χ1v) is 7.14. The van der Waals surface area contributed by atoms with E-state index in [1.54, 1.807) is 0 Å². The fourth-order valence-corrected chi connectivity index (χ4v) is 2.85. The minimum absolute atomic E-state index is 0.295. The number of nitrogens with zero attached hydrogens (tertiary/aromatic N) is 1. The first kappa shape index (κ1) is 14.1. The van der Waals surface area contributed by atoms with Gasteiger partial charge >= 0.3 is 0 Å². The van der Waals surface area contributed by atoms with Gasteiger partial charge in [0.1, 0.15) is 0 Å². The highest BCUT2D eigenvalue weighted by Crippen LogP contribution is 2.26. The van der Waals surface area contributed by atoms with Gasteiger partial charge in [0.2, 0.25) is 0 Å². The van der Waals surface area contributed by atoms with Crippen LogP contribution in [0.3, 0.4) is 0 Å². The Morgan fingerprint density at radius 3 is 2.61 bits per heavy atom. The van der Waals surface area contributed by atoms with Gasteiger partial charge in [-0.1, -0.05) is 29.3 Å². The second kappa shape index (κ2) is 5.79. The lowest BCUT2D eigenvalue weighted by Gasteiger charge is -2.20. The van der Waals surface area contributed by atoms with Crippen molar-refractivity contribution in [1.29, 1.82) is 0 Å². The zero-order valence-corrected chi connectivity index (χ0v) is 12.6. The third-order valence-electron chi connectivity index (χ3n) is 3.82. The van der Waals surface area contributed by atoms with E-state index < -0.39 is 0 Å². The van der Waals surface area contributed by atoms with E-state index >= 15 is 0 Å². The SMILES string of the molecule is CC(NC1CC(C)N(C)C1)c1ccc(Cl)c(Cl)c1. The predicted octanol–water partition coefficient (Wildman–Crippen LogP) is 3.74. The van der Waals surface area contributed by atoms with E-state index in [0.717, 1.165) is 6.54 Å². The van der Waals surface area contributed by atoms with Crippen LogP contribution in [0.1, 0.15) is 31.9 Å². The number of halogens is 2. The van der Waals surface area contributed by atoms with Crippen LogP contribution in [0, 0.1) is 0 Å². The molecule has 2 nitrogen and oxygen atoms in total. The number of likely N-dealkylation sites (tertiary alicyclic amines) is 1. The third-order valence-corrected chi connectivity index (χ3v) is 4.55. The Kier molecular flexibility index (Phi) is 4.54. The molecule has 0 amide bonds. The van der Waals surface area contributed by atoms with E-state index in [-0.39, 0.29) is 0 Å². The van der Waals surface area contributed by atoms with E-state index in [1.165, 1.54) is 12.0 Å². The molecule has 1 aromatic carbocycles. The van der Waals surface area contributed by atoms with Gasteiger partial charge in [-0.3, -0.25) is 0 Å². The van der Waals surface area contributed by atoms with E-state index in [4.69, 9.17) is 23.2 Å². The lowest BCUT2D eigenvalue weighted by molar-refractivity contribution is 0.325. The zero-order chi connectivity index (χ0) is 13.3. The Bertz CT molecular complexity index is 412. The number of hydrogen-bond donors (Lipinski definition) is 1. The van der Waals surface area contributed by atoms with Gasteiger partial charge in [-0.2, -0.15) is 0 Å². The minimum Gasteiger partial charge on any atom is -0.306 e. The van der Waals surface area contributed by atoms with Crippen LogP contribution >= 0.6 is 23.2 Å². The smallest absolute Gasteiger partial charge is 0.0595 e. The summed E-state index contributed by atoms with van der Waals surface area (Å²) in [6, 6.07) is 7.35. The zero-order valence-electron chi connectivity index (χ0n) is 11.1. The van der Waals surface area contributed by atoms with Gasteiger partial charge in [-0.15, -0.1) is 0 Å². The molecule has 0 radical (unpaired) electrons. The summed E-state index contributed by atoms with van der Waals surface area (Å²) in [5.41, 5.74) is 1.19. The number of rotatable bonds is 3. The molecular weight excluding hydrogens is 267 g/mol. The number of likely N-dealkylation sites (N-methyl/N-ethyl adjacent to an activating group) is 1. The molecule has 3 unspecified atom stereocenters. The van der Waals surface area contributed by atoms with Crippen molar-refractivity contribution in [3.8, 4) is 0 Å². The number of benzene rings is 1. The Balaban J connectivity index is 1.99. The van der Waals surface area contributed by atoms with Gasteiger partial charge < -0.3 is 10.2 Å². The first-order chi connectivity index (χ1) is 8.47. The van der Waals surface area contributed by atoms with Crippen LogP contribution in [0.5, 0.6) is 0 Å². The van der Waals surface area contributed by atoms with Crippen molar-refractivity contribution < 1.29 is 0 Å². The molecule has 100 valence electrons. The van der Waals surface area contributed by atoms with Crippen molar-refractivity contribution in [2.45, 2.75) is 38.4 Å². The van der Waals surface area contributed by atoms with Crippen molar-refractivity contribution in [3.05, 3.63) is 33.8 Å². The largest absolute Gasteiger partial charge is 0.306 e. The summed E-state index contributed by atoms with van der Waals surface area (Å²) in [6.07, 6.45) is 1.20. The highest BCUT2D eigenvalue weighted by atomic mass is 35.5. The minimum atomic E-state index is 0.295. The van der Waals surface area contributed by atoms with Gasteiger partial charge in [0.05, 0.1) is 10.0 Å². The summed E-state index contributed by atoms with van der Waals surface area (Å²) < 4.78 is 0. The Morgan fingerprint density at radius 2 is 2.06 bits per heavy atom. The fraction of sp³-hybridized carbons (Fsp3) is 0.571. The summed E-state index contributed by atoms with van der Waals surface area (Å²) in [6.45, 7) is 5.54. The maximum Gasteiger partial charge on any atom is 0.0595 e. The molecule has 0 spiro atoms. The van der Waals surface area contributed by atoms with Gasteiger partial charge in [-0.25, -0.2) is 0 Å². The van der Waals surface area contributed by atoms with Crippen molar-refractivity contribution in [3.63, 3.8) is 0 Å². The average molecular weight is 287 g/mol. The van der Waals surface area contributed by atoms with E-state index in [0.29, 0.717) is 28.2 Å². The van der Waals surface area contributed by atoms with Crippen LogP contribution in [0.15, 0.2) is 18.2 Å². The molecule has 0 saturated carbocycles. The lowest BCUT2D eigenvalue weighted by Crippen LogP contribution is -2.33. The van der Waals surface area contributed by atoms with Crippen LogP contribution in [0.25, 0.3) is 0 Å². The standard InChI is InChI=1S/C14H20Cl2N2/c1-9-6-12(8-18(9)3)17-10(2)11-4-5-13(15)14(16)7-11/h4-5,7,9-10,12,17H,6,8H2,1-3H3. The van der Waals surface area contributed by atoms with E-state index in [2.05, 4.69) is 31.1 Å². The molecule has 1 aliphatic heterocycles. The summed E-state index contributed by atoms with van der Waals surface area (Å²) in [7, 11) is 2.18. The van der Waals surface area contributed by atoms with Gasteiger partial charge in [0, 0.05) is 24.7 Å². The van der Waals surface area contributed by atoms with Gasteiger partial charge in [-0.05, 0) is 45.0 Å². The van der Waals surface area contributed by atoms with Crippen molar-refractivity contribution >= 4 is 23.2 Å². The van der Waals surface area contributed by atoms with E-state index in [1.807, 2.05) is 18.2 Å². The molecule has 18 heavy (non-hydrogen) atoms. The van der Waals surface area contributed by atoms with Crippen molar-refractivity contribution in [2.24, 2.45) is 0 Å².